The molecule has 0 unspecified atom stereocenters. The Labute approximate surface area is 165 Å². The largest absolute Gasteiger partial charge is 0.508 e. The maximum Gasteiger partial charge on any atom is 0.141 e. The van der Waals surface area contributed by atoms with Gasteiger partial charge in [0.05, 0.1) is 12.4 Å². The summed E-state index contributed by atoms with van der Waals surface area (Å²) in [6, 6.07) is 13.5. The van der Waals surface area contributed by atoms with E-state index in [1.165, 1.54) is 34.7 Å². The van der Waals surface area contributed by atoms with Crippen LogP contribution in [0.5, 0.6) is 11.5 Å². The minimum absolute atomic E-state index is 0. The van der Waals surface area contributed by atoms with Crippen molar-refractivity contribution in [1.82, 2.24) is 29.7 Å². The van der Waals surface area contributed by atoms with Crippen molar-refractivity contribution in [2.75, 3.05) is 0 Å². The van der Waals surface area contributed by atoms with Crippen LogP contribution >= 0.6 is 0 Å². The first-order valence-corrected chi connectivity index (χ1v) is 8.05. The van der Waals surface area contributed by atoms with E-state index in [1.54, 1.807) is 61.0 Å². The van der Waals surface area contributed by atoms with Crippen LogP contribution in [0.4, 0.5) is 0 Å². The van der Waals surface area contributed by atoms with Crippen LogP contribution in [0.1, 0.15) is 11.1 Å². The van der Waals surface area contributed by atoms with Gasteiger partial charge in [-0.05, 0) is 59.7 Å². The third-order valence-corrected chi connectivity index (χ3v) is 3.28. The third kappa shape index (κ3) is 7.03. The number of aromatic hydroxyl groups is 2. The van der Waals surface area contributed by atoms with Crippen LogP contribution in [0.25, 0.3) is 0 Å². The lowest BCUT2D eigenvalue weighted by Crippen LogP contribution is -1.86. The lowest BCUT2D eigenvalue weighted by atomic mass is 10.2. The Kier molecular flexibility index (Phi) is 7.72. The highest BCUT2D eigenvalue weighted by molar-refractivity contribution is 5.80. The standard InChI is InChI=1S/2C9H8N4O.H2O/c2*14-9-3-1-8(2-4-9)5-12-13-6-10-11-7-13;/h2*1-7,14H;1H2/b2*12-5+;. The van der Waals surface area contributed by atoms with E-state index in [2.05, 4.69) is 30.6 Å². The number of phenols is 2. The highest BCUT2D eigenvalue weighted by Gasteiger charge is 1.90. The van der Waals surface area contributed by atoms with E-state index in [4.69, 9.17) is 10.2 Å². The van der Waals surface area contributed by atoms with Gasteiger partial charge in [-0.2, -0.15) is 10.2 Å². The maximum absolute atomic E-state index is 9.04. The van der Waals surface area contributed by atoms with Gasteiger partial charge in [-0.15, -0.1) is 20.4 Å². The summed E-state index contributed by atoms with van der Waals surface area (Å²) in [6.45, 7) is 0. The zero-order valence-electron chi connectivity index (χ0n) is 15.1. The van der Waals surface area contributed by atoms with E-state index in [1.807, 2.05) is 0 Å². The number of hydrogen-bond acceptors (Lipinski definition) is 8. The molecule has 0 saturated heterocycles. The van der Waals surface area contributed by atoms with E-state index >= 15 is 0 Å². The summed E-state index contributed by atoms with van der Waals surface area (Å²) in [5.74, 6) is 0.484. The molecule has 2 aromatic heterocycles. The summed E-state index contributed by atoms with van der Waals surface area (Å²) in [6.07, 6.45) is 9.30. The Morgan fingerprint density at radius 2 is 0.897 bits per heavy atom. The second-order valence-electron chi connectivity index (χ2n) is 5.36. The lowest BCUT2D eigenvalue weighted by molar-refractivity contribution is 0.475. The minimum atomic E-state index is 0. The van der Waals surface area contributed by atoms with Crippen molar-refractivity contribution >= 4 is 12.4 Å². The van der Waals surface area contributed by atoms with Crippen LogP contribution in [0.2, 0.25) is 0 Å². The molecule has 2 heterocycles. The van der Waals surface area contributed by atoms with Gasteiger partial charge in [-0.25, -0.2) is 9.35 Å². The summed E-state index contributed by atoms with van der Waals surface area (Å²) >= 11 is 0. The predicted molar refractivity (Wildman–Crippen MR) is 106 cm³/mol. The fraction of sp³-hybridized carbons (Fsp3) is 0. The first kappa shape index (κ1) is 20.9. The SMILES string of the molecule is O.Oc1ccc(/C=N/n2cnnc2)cc1.Oc1ccc(/C=N/n2cnnc2)cc1. The Morgan fingerprint density at radius 1 is 0.586 bits per heavy atom. The highest BCUT2D eigenvalue weighted by atomic mass is 16.3. The monoisotopic (exact) mass is 394 g/mol. The summed E-state index contributed by atoms with van der Waals surface area (Å²) in [5.41, 5.74) is 1.80. The molecule has 0 aliphatic heterocycles. The average Bonchev–Trinajstić information content (AvgIpc) is 3.42. The van der Waals surface area contributed by atoms with Crippen LogP contribution in [0, 0.1) is 0 Å². The smallest absolute Gasteiger partial charge is 0.141 e. The molecular weight excluding hydrogens is 376 g/mol. The van der Waals surface area contributed by atoms with Crippen LogP contribution in [0.15, 0.2) is 84.0 Å². The second-order valence-corrected chi connectivity index (χ2v) is 5.36. The van der Waals surface area contributed by atoms with Crippen LogP contribution in [0.3, 0.4) is 0 Å². The van der Waals surface area contributed by atoms with Gasteiger partial charge in [-0.3, -0.25) is 0 Å². The van der Waals surface area contributed by atoms with E-state index < -0.39 is 0 Å². The Bertz CT molecular complexity index is 926. The van der Waals surface area contributed by atoms with Gasteiger partial charge in [0.2, 0.25) is 0 Å². The topological polar surface area (TPSA) is 158 Å². The molecule has 0 amide bonds. The third-order valence-electron chi connectivity index (χ3n) is 3.28. The number of phenolic OH excluding ortho intramolecular Hbond substituents is 2. The van der Waals surface area contributed by atoms with Gasteiger partial charge in [0.1, 0.15) is 36.8 Å². The van der Waals surface area contributed by atoms with Gasteiger partial charge < -0.3 is 15.7 Å². The predicted octanol–water partition coefficient (Wildman–Crippen LogP) is 0.907. The van der Waals surface area contributed by atoms with E-state index in [0.29, 0.717) is 0 Å². The van der Waals surface area contributed by atoms with Crippen molar-refractivity contribution in [3.05, 3.63) is 85.0 Å². The van der Waals surface area contributed by atoms with Crippen molar-refractivity contribution in [2.45, 2.75) is 0 Å². The molecule has 4 N–H and O–H groups in total. The van der Waals surface area contributed by atoms with Gasteiger partial charge in [0.25, 0.3) is 0 Å². The van der Waals surface area contributed by atoms with E-state index in [-0.39, 0.29) is 17.0 Å². The quantitative estimate of drug-likeness (QED) is 0.489. The molecule has 2 aromatic carbocycles. The molecular formula is C18H18N8O3. The Morgan fingerprint density at radius 3 is 1.21 bits per heavy atom. The van der Waals surface area contributed by atoms with Crippen molar-refractivity contribution < 1.29 is 15.7 Å². The summed E-state index contributed by atoms with van der Waals surface area (Å²) in [7, 11) is 0. The molecule has 0 bridgehead atoms. The molecule has 0 radical (unpaired) electrons. The molecule has 0 saturated carbocycles. The van der Waals surface area contributed by atoms with Gasteiger partial charge >= 0.3 is 0 Å². The van der Waals surface area contributed by atoms with Crippen LogP contribution < -0.4 is 0 Å². The number of nitrogens with zero attached hydrogens (tertiary/aromatic N) is 8. The van der Waals surface area contributed by atoms with Crippen molar-refractivity contribution in [2.24, 2.45) is 10.2 Å². The summed E-state index contributed by atoms with van der Waals surface area (Å²) < 4.78 is 2.99. The van der Waals surface area contributed by atoms with Crippen molar-refractivity contribution in [3.8, 4) is 11.5 Å². The first-order valence-electron chi connectivity index (χ1n) is 8.05. The molecule has 4 rings (SSSR count). The van der Waals surface area contributed by atoms with Gasteiger partial charge in [0.15, 0.2) is 0 Å². The molecule has 0 spiro atoms. The fourth-order valence-electron chi connectivity index (χ4n) is 1.90. The normalized spacial score (nSPS) is 10.5. The number of aromatic nitrogens is 6. The molecule has 4 aromatic rings. The van der Waals surface area contributed by atoms with Crippen LogP contribution in [-0.2, 0) is 0 Å². The Hall–Kier alpha value is -4.38. The Balaban J connectivity index is 0.000000200. The second kappa shape index (κ2) is 10.7. The average molecular weight is 394 g/mol. The van der Waals surface area contributed by atoms with Gasteiger partial charge in [0, 0.05) is 0 Å². The molecule has 148 valence electrons. The molecule has 0 atom stereocenters. The fourth-order valence-corrected chi connectivity index (χ4v) is 1.90. The van der Waals surface area contributed by atoms with Crippen molar-refractivity contribution in [1.29, 1.82) is 0 Å². The summed E-state index contributed by atoms with van der Waals surface area (Å²) in [5, 5.41) is 40.6. The minimum Gasteiger partial charge on any atom is -0.508 e. The first-order chi connectivity index (χ1) is 13.7. The molecule has 0 fully saturated rings. The molecule has 11 nitrogen and oxygen atoms in total. The van der Waals surface area contributed by atoms with E-state index in [0.717, 1.165) is 11.1 Å². The zero-order valence-corrected chi connectivity index (χ0v) is 15.1. The number of benzene rings is 2. The number of hydrogen-bond donors (Lipinski definition) is 2. The zero-order chi connectivity index (χ0) is 19.6. The molecule has 29 heavy (non-hydrogen) atoms. The maximum atomic E-state index is 9.04. The molecule has 11 heteroatoms. The van der Waals surface area contributed by atoms with Crippen molar-refractivity contribution in [3.63, 3.8) is 0 Å². The van der Waals surface area contributed by atoms with Gasteiger partial charge in [-0.1, -0.05) is 0 Å². The molecule has 0 aliphatic rings. The highest BCUT2D eigenvalue weighted by Crippen LogP contribution is 2.08. The van der Waals surface area contributed by atoms with E-state index in [9.17, 15) is 0 Å². The van der Waals surface area contributed by atoms with Crippen LogP contribution in [-0.4, -0.2) is 57.9 Å². The molecule has 0 aliphatic carbocycles. The lowest BCUT2D eigenvalue weighted by Gasteiger charge is -1.93. The summed E-state index contributed by atoms with van der Waals surface area (Å²) in [4.78, 5) is 0. The number of rotatable bonds is 4.